The highest BCUT2D eigenvalue weighted by molar-refractivity contribution is 5.90. The van der Waals surface area contributed by atoms with Crippen molar-refractivity contribution in [3.05, 3.63) is 30.1 Å². The van der Waals surface area contributed by atoms with Crippen molar-refractivity contribution in [3.63, 3.8) is 0 Å². The first-order valence-electron chi connectivity index (χ1n) is 16.2. The van der Waals surface area contributed by atoms with Crippen LogP contribution in [0.15, 0.2) is 24.4 Å². The molecule has 7 heteroatoms. The molecule has 1 fully saturated rings. The number of nitrogens with zero attached hydrogens (tertiary/aromatic N) is 2. The van der Waals surface area contributed by atoms with E-state index < -0.39 is 6.09 Å². The van der Waals surface area contributed by atoms with E-state index in [9.17, 15) is 9.59 Å². The molecule has 1 aliphatic heterocycles. The summed E-state index contributed by atoms with van der Waals surface area (Å²) in [7, 11) is 0. The summed E-state index contributed by atoms with van der Waals surface area (Å²) in [6.45, 7) is 5.23. The fourth-order valence-corrected chi connectivity index (χ4v) is 5.19. The number of amides is 2. The maximum atomic E-state index is 12.5. The molecule has 228 valence electrons. The maximum Gasteiger partial charge on any atom is 0.416 e. The van der Waals surface area contributed by atoms with Gasteiger partial charge in [0.25, 0.3) is 0 Å². The Morgan fingerprint density at radius 2 is 1.38 bits per heavy atom. The zero-order valence-electron chi connectivity index (χ0n) is 25.5. The van der Waals surface area contributed by atoms with E-state index in [0.29, 0.717) is 12.3 Å². The number of pyridine rings is 1. The SMILES string of the molecule is CCCCCCCCCCCCCCCCCCOC[C@@H]1CC[C@@H](COC(=O)N(Cc2ccccn2)C(C)=O)O1. The number of rotatable bonds is 23. The van der Waals surface area contributed by atoms with Gasteiger partial charge in [0.2, 0.25) is 5.91 Å². The summed E-state index contributed by atoms with van der Waals surface area (Å²) < 4.78 is 17.2. The average Bonchev–Trinajstić information content (AvgIpc) is 3.42. The fraction of sp³-hybridized carbons (Fsp3) is 0.788. The van der Waals surface area contributed by atoms with Crippen molar-refractivity contribution in [2.45, 2.75) is 148 Å². The second kappa shape index (κ2) is 22.7. The van der Waals surface area contributed by atoms with Crippen molar-refractivity contribution in [2.24, 2.45) is 0 Å². The summed E-state index contributed by atoms with van der Waals surface area (Å²) in [6.07, 6.45) is 24.4. The van der Waals surface area contributed by atoms with E-state index in [2.05, 4.69) is 11.9 Å². The molecule has 0 bridgehead atoms. The minimum absolute atomic E-state index is 0.0437. The van der Waals surface area contributed by atoms with Crippen LogP contribution in [0.1, 0.15) is 135 Å². The number of imide groups is 1. The molecule has 2 amide bonds. The van der Waals surface area contributed by atoms with Gasteiger partial charge >= 0.3 is 6.09 Å². The first-order valence-corrected chi connectivity index (χ1v) is 16.2. The summed E-state index contributed by atoms with van der Waals surface area (Å²) in [6, 6.07) is 5.38. The standard InChI is InChI=1S/C33H56N2O5/c1-3-4-5-6-7-8-9-10-11-12-13-14-15-16-17-20-25-38-27-31-22-23-32(40-31)28-39-33(37)35(29(2)36)26-30-21-18-19-24-34-30/h18-19,21,24,31-32H,3-17,20,22-23,25-28H2,1-2H3/t31-,32-/m0/s1. The molecule has 0 unspecified atom stereocenters. The lowest BCUT2D eigenvalue weighted by Crippen LogP contribution is -2.36. The molecule has 0 N–H and O–H groups in total. The fourth-order valence-electron chi connectivity index (χ4n) is 5.19. The smallest absolute Gasteiger partial charge is 0.416 e. The van der Waals surface area contributed by atoms with Gasteiger partial charge in [-0.2, -0.15) is 0 Å². The number of unbranched alkanes of at least 4 members (excludes halogenated alkanes) is 15. The lowest BCUT2D eigenvalue weighted by Gasteiger charge is -2.20. The Morgan fingerprint density at radius 1 is 0.825 bits per heavy atom. The second-order valence-corrected chi connectivity index (χ2v) is 11.3. The third kappa shape index (κ3) is 16.3. The van der Waals surface area contributed by atoms with E-state index in [1.807, 2.05) is 6.07 Å². The van der Waals surface area contributed by atoms with Crippen LogP contribution in [0.4, 0.5) is 4.79 Å². The molecule has 40 heavy (non-hydrogen) atoms. The molecule has 0 aliphatic carbocycles. The van der Waals surface area contributed by atoms with Gasteiger partial charge in [0.05, 0.1) is 31.1 Å². The zero-order chi connectivity index (χ0) is 28.7. The summed E-state index contributed by atoms with van der Waals surface area (Å²) in [4.78, 5) is 29.6. The predicted octanol–water partition coefficient (Wildman–Crippen LogP) is 8.39. The molecule has 1 aliphatic rings. The number of ether oxygens (including phenoxy) is 3. The van der Waals surface area contributed by atoms with Crippen LogP contribution >= 0.6 is 0 Å². The van der Waals surface area contributed by atoms with E-state index in [-0.39, 0.29) is 31.3 Å². The van der Waals surface area contributed by atoms with Gasteiger partial charge in [-0.3, -0.25) is 9.78 Å². The molecule has 1 aromatic heterocycles. The van der Waals surface area contributed by atoms with Crippen LogP contribution in [-0.2, 0) is 25.5 Å². The van der Waals surface area contributed by atoms with Crippen molar-refractivity contribution in [3.8, 4) is 0 Å². The van der Waals surface area contributed by atoms with Crippen molar-refractivity contribution >= 4 is 12.0 Å². The van der Waals surface area contributed by atoms with Gasteiger partial charge in [0.1, 0.15) is 6.61 Å². The van der Waals surface area contributed by atoms with Gasteiger partial charge in [0.15, 0.2) is 0 Å². The summed E-state index contributed by atoms with van der Waals surface area (Å²) in [5.74, 6) is -0.372. The van der Waals surface area contributed by atoms with Crippen LogP contribution in [0.5, 0.6) is 0 Å². The Kier molecular flexibility index (Phi) is 19.4. The lowest BCUT2D eigenvalue weighted by atomic mass is 10.0. The summed E-state index contributed by atoms with van der Waals surface area (Å²) in [5.41, 5.74) is 0.633. The lowest BCUT2D eigenvalue weighted by molar-refractivity contribution is -0.128. The first-order chi connectivity index (χ1) is 19.6. The van der Waals surface area contributed by atoms with Crippen molar-refractivity contribution < 1.29 is 23.8 Å². The highest BCUT2D eigenvalue weighted by Gasteiger charge is 2.28. The molecule has 7 nitrogen and oxygen atoms in total. The zero-order valence-corrected chi connectivity index (χ0v) is 25.5. The van der Waals surface area contributed by atoms with Gasteiger partial charge in [0, 0.05) is 19.7 Å². The summed E-state index contributed by atoms with van der Waals surface area (Å²) >= 11 is 0. The molecular formula is C33H56N2O5. The monoisotopic (exact) mass is 560 g/mol. The van der Waals surface area contributed by atoms with E-state index in [4.69, 9.17) is 14.2 Å². The number of aromatic nitrogens is 1. The number of carbonyl (C=O) groups excluding carboxylic acids is 2. The largest absolute Gasteiger partial charge is 0.446 e. The van der Waals surface area contributed by atoms with E-state index >= 15 is 0 Å². The molecule has 2 rings (SSSR count). The van der Waals surface area contributed by atoms with Gasteiger partial charge in [-0.05, 0) is 31.4 Å². The van der Waals surface area contributed by atoms with Gasteiger partial charge in [-0.15, -0.1) is 0 Å². The highest BCUT2D eigenvalue weighted by Crippen LogP contribution is 2.21. The van der Waals surface area contributed by atoms with Gasteiger partial charge < -0.3 is 14.2 Å². The van der Waals surface area contributed by atoms with Gasteiger partial charge in [-0.25, -0.2) is 9.69 Å². The molecule has 1 aromatic rings. The van der Waals surface area contributed by atoms with Crippen LogP contribution in [0.2, 0.25) is 0 Å². The van der Waals surface area contributed by atoms with Crippen molar-refractivity contribution in [1.82, 2.24) is 9.88 Å². The highest BCUT2D eigenvalue weighted by atomic mass is 16.6. The quantitative estimate of drug-likeness (QED) is 0.125. The minimum Gasteiger partial charge on any atom is -0.446 e. The Balaban J connectivity index is 1.38. The molecule has 2 heterocycles. The molecule has 1 saturated heterocycles. The third-order valence-electron chi connectivity index (χ3n) is 7.68. The maximum absolute atomic E-state index is 12.5. The van der Waals surface area contributed by atoms with Crippen molar-refractivity contribution in [1.29, 1.82) is 0 Å². The third-order valence-corrected chi connectivity index (χ3v) is 7.68. The molecule has 0 radical (unpaired) electrons. The van der Waals surface area contributed by atoms with E-state index in [1.54, 1.807) is 18.3 Å². The van der Waals surface area contributed by atoms with Gasteiger partial charge in [-0.1, -0.05) is 109 Å². The summed E-state index contributed by atoms with van der Waals surface area (Å²) in [5, 5.41) is 0. The molecule has 0 spiro atoms. The number of carbonyl (C=O) groups is 2. The van der Waals surface area contributed by atoms with Crippen LogP contribution in [0.25, 0.3) is 0 Å². The Bertz CT molecular complexity index is 775. The van der Waals surface area contributed by atoms with Crippen LogP contribution in [0.3, 0.4) is 0 Å². The van der Waals surface area contributed by atoms with Crippen LogP contribution in [-0.4, -0.2) is 53.9 Å². The first kappa shape index (κ1) is 34.2. The Labute approximate surface area is 243 Å². The predicted molar refractivity (Wildman–Crippen MR) is 160 cm³/mol. The minimum atomic E-state index is -0.662. The van der Waals surface area contributed by atoms with E-state index in [1.165, 1.54) is 103 Å². The molecule has 0 saturated carbocycles. The van der Waals surface area contributed by atoms with Crippen molar-refractivity contribution in [2.75, 3.05) is 19.8 Å². The normalized spacial score (nSPS) is 16.8. The Morgan fingerprint density at radius 3 is 1.90 bits per heavy atom. The number of hydrogen-bond acceptors (Lipinski definition) is 6. The molecule has 0 aromatic carbocycles. The van der Waals surface area contributed by atoms with Crippen LogP contribution in [0, 0.1) is 0 Å². The number of hydrogen-bond donors (Lipinski definition) is 0. The van der Waals surface area contributed by atoms with E-state index in [0.717, 1.165) is 30.8 Å². The second-order valence-electron chi connectivity index (χ2n) is 11.3. The molecular weight excluding hydrogens is 504 g/mol. The Hall–Kier alpha value is -1.99. The topological polar surface area (TPSA) is 78.0 Å². The average molecular weight is 561 g/mol. The molecule has 2 atom stereocenters. The van der Waals surface area contributed by atoms with Crippen LogP contribution < -0.4 is 0 Å².